The zero-order valence-corrected chi connectivity index (χ0v) is 16.2. The Morgan fingerprint density at radius 1 is 1.15 bits per heavy atom. The first-order valence-corrected chi connectivity index (χ1v) is 11.0. The lowest BCUT2D eigenvalue weighted by molar-refractivity contribution is -0.118. The number of sulfonamides is 1. The van der Waals surface area contributed by atoms with E-state index in [9.17, 15) is 13.2 Å². The van der Waals surface area contributed by atoms with Gasteiger partial charge in [0.05, 0.1) is 17.4 Å². The number of carbonyl (C=O) groups excluding carboxylic acids is 1. The number of aryl methyl sites for hydroxylation is 1. The molecule has 1 amide bonds. The van der Waals surface area contributed by atoms with Crippen molar-refractivity contribution in [2.24, 2.45) is 5.92 Å². The van der Waals surface area contributed by atoms with Crippen LogP contribution in [0.2, 0.25) is 0 Å². The molecule has 0 radical (unpaired) electrons. The minimum absolute atomic E-state index is 0.0252. The third-order valence-corrected chi connectivity index (χ3v) is 7.23. The van der Waals surface area contributed by atoms with E-state index in [1.54, 1.807) is 6.07 Å². The van der Waals surface area contributed by atoms with E-state index in [-0.39, 0.29) is 17.6 Å². The lowest BCUT2D eigenvalue weighted by atomic mass is 9.93. The Balaban J connectivity index is 1.59. The highest BCUT2D eigenvalue weighted by atomic mass is 32.2. The Hall–Kier alpha value is -2.34. The number of benzene rings is 2. The number of nitrogens with one attached hydrogen (secondary N) is 1. The molecule has 1 saturated carbocycles. The lowest BCUT2D eigenvalue weighted by Crippen LogP contribution is -2.26. The third-order valence-electron chi connectivity index (χ3n) is 5.38. The predicted molar refractivity (Wildman–Crippen MR) is 107 cm³/mol. The fourth-order valence-corrected chi connectivity index (χ4v) is 5.43. The fourth-order valence-electron chi connectivity index (χ4n) is 3.81. The molecule has 2 fully saturated rings. The molecule has 1 N–H and O–H groups in total. The minimum atomic E-state index is -3.25. The lowest BCUT2D eigenvalue weighted by Gasteiger charge is -2.21. The zero-order valence-electron chi connectivity index (χ0n) is 15.4. The van der Waals surface area contributed by atoms with Gasteiger partial charge < -0.3 is 5.32 Å². The molecule has 0 bridgehead atoms. The van der Waals surface area contributed by atoms with Crippen LogP contribution in [-0.4, -0.2) is 26.6 Å². The number of amides is 1. The van der Waals surface area contributed by atoms with Crippen molar-refractivity contribution in [2.45, 2.75) is 32.1 Å². The van der Waals surface area contributed by atoms with Gasteiger partial charge in [0.25, 0.3) is 0 Å². The van der Waals surface area contributed by atoms with Crippen LogP contribution in [0.3, 0.4) is 0 Å². The Labute approximate surface area is 160 Å². The molecule has 1 saturated heterocycles. The molecule has 27 heavy (non-hydrogen) atoms. The van der Waals surface area contributed by atoms with Crippen molar-refractivity contribution in [3.63, 3.8) is 0 Å². The van der Waals surface area contributed by atoms with Gasteiger partial charge in [-0.3, -0.25) is 9.10 Å². The van der Waals surface area contributed by atoms with Crippen molar-refractivity contribution in [3.8, 4) is 0 Å². The predicted octanol–water partition coefficient (Wildman–Crippen LogP) is 3.67. The summed E-state index contributed by atoms with van der Waals surface area (Å²) in [5, 5.41) is 3.02. The maximum absolute atomic E-state index is 13.0. The molecule has 0 spiro atoms. The van der Waals surface area contributed by atoms with E-state index >= 15 is 0 Å². The first kappa shape index (κ1) is 18.0. The van der Waals surface area contributed by atoms with Crippen LogP contribution in [0.1, 0.15) is 36.3 Å². The highest BCUT2D eigenvalue weighted by Gasteiger charge is 2.37. The molecule has 1 aliphatic carbocycles. The van der Waals surface area contributed by atoms with Crippen molar-refractivity contribution in [1.29, 1.82) is 0 Å². The molecule has 0 aromatic heterocycles. The second kappa shape index (κ2) is 7.00. The van der Waals surface area contributed by atoms with E-state index in [0.29, 0.717) is 30.3 Å². The van der Waals surface area contributed by atoms with Crippen molar-refractivity contribution in [2.75, 3.05) is 21.9 Å². The number of carbonyl (C=O) groups is 1. The Bertz CT molecular complexity index is 953. The molecule has 1 unspecified atom stereocenters. The summed E-state index contributed by atoms with van der Waals surface area (Å²) in [6.45, 7) is 2.39. The van der Waals surface area contributed by atoms with Gasteiger partial charge in [-0.2, -0.15) is 0 Å². The van der Waals surface area contributed by atoms with E-state index in [1.807, 2.05) is 49.4 Å². The molecule has 4 rings (SSSR count). The molecule has 6 heteroatoms. The smallest absolute Gasteiger partial charge is 0.235 e. The van der Waals surface area contributed by atoms with Crippen LogP contribution >= 0.6 is 0 Å². The van der Waals surface area contributed by atoms with Gasteiger partial charge >= 0.3 is 0 Å². The molecule has 1 atom stereocenters. The highest BCUT2D eigenvalue weighted by Crippen LogP contribution is 2.43. The number of nitrogens with zero attached hydrogens (tertiary/aromatic N) is 1. The van der Waals surface area contributed by atoms with Gasteiger partial charge in [-0.15, -0.1) is 0 Å². The van der Waals surface area contributed by atoms with E-state index in [2.05, 4.69) is 5.32 Å². The second-order valence-electron chi connectivity index (χ2n) is 7.46. The van der Waals surface area contributed by atoms with E-state index in [1.165, 1.54) is 4.31 Å². The highest BCUT2D eigenvalue weighted by molar-refractivity contribution is 7.93. The maximum atomic E-state index is 13.0. The van der Waals surface area contributed by atoms with Crippen LogP contribution in [0.15, 0.2) is 48.5 Å². The summed E-state index contributed by atoms with van der Waals surface area (Å²) >= 11 is 0. The summed E-state index contributed by atoms with van der Waals surface area (Å²) in [6, 6.07) is 15.4. The molecule has 2 aromatic rings. The van der Waals surface area contributed by atoms with Gasteiger partial charge in [-0.05, 0) is 55.4 Å². The molecule has 5 nitrogen and oxygen atoms in total. The average Bonchev–Trinajstić information content (AvgIpc) is 3.40. The molecular weight excluding hydrogens is 360 g/mol. The van der Waals surface area contributed by atoms with Crippen molar-refractivity contribution < 1.29 is 13.2 Å². The van der Waals surface area contributed by atoms with Crippen LogP contribution in [0.25, 0.3) is 0 Å². The summed E-state index contributed by atoms with van der Waals surface area (Å²) in [4.78, 5) is 13.0. The van der Waals surface area contributed by atoms with E-state index < -0.39 is 10.0 Å². The first-order chi connectivity index (χ1) is 13.0. The summed E-state index contributed by atoms with van der Waals surface area (Å²) in [5.41, 5.74) is 3.23. The molecule has 1 heterocycles. The van der Waals surface area contributed by atoms with Gasteiger partial charge in [-0.25, -0.2) is 8.42 Å². The molecular formula is C21H24N2O3S. The van der Waals surface area contributed by atoms with E-state index in [4.69, 9.17) is 0 Å². The van der Waals surface area contributed by atoms with Crippen LogP contribution in [0.5, 0.6) is 0 Å². The standard InChI is InChI=1S/C21H24N2O3S/c1-15-8-11-18(14-19(15)23-12-5-13-27(23,25)26)22-21(24)20(17-9-10-17)16-6-3-2-4-7-16/h2-4,6-8,11,14,17,20H,5,9-10,12-13H2,1H3,(H,22,24). The van der Waals surface area contributed by atoms with Gasteiger partial charge in [0.2, 0.25) is 15.9 Å². The summed E-state index contributed by atoms with van der Waals surface area (Å²) < 4.78 is 26.0. The molecule has 1 aliphatic heterocycles. The topological polar surface area (TPSA) is 66.5 Å². The summed E-state index contributed by atoms with van der Waals surface area (Å²) in [7, 11) is -3.25. The number of hydrogen-bond donors (Lipinski definition) is 1. The first-order valence-electron chi connectivity index (χ1n) is 9.42. The minimum Gasteiger partial charge on any atom is -0.325 e. The van der Waals surface area contributed by atoms with Crippen LogP contribution in [0.4, 0.5) is 11.4 Å². The van der Waals surface area contributed by atoms with Gasteiger partial charge in [-0.1, -0.05) is 36.4 Å². The van der Waals surface area contributed by atoms with Gasteiger partial charge in [0.1, 0.15) is 0 Å². The monoisotopic (exact) mass is 384 g/mol. The zero-order chi connectivity index (χ0) is 19.0. The van der Waals surface area contributed by atoms with Gasteiger partial charge in [0.15, 0.2) is 0 Å². The van der Waals surface area contributed by atoms with Crippen LogP contribution in [0, 0.1) is 12.8 Å². The van der Waals surface area contributed by atoms with Crippen LogP contribution < -0.4 is 9.62 Å². The van der Waals surface area contributed by atoms with Gasteiger partial charge in [0, 0.05) is 12.2 Å². The quantitative estimate of drug-likeness (QED) is 0.855. The largest absolute Gasteiger partial charge is 0.325 e. The molecule has 2 aromatic carbocycles. The summed E-state index contributed by atoms with van der Waals surface area (Å²) in [6.07, 6.45) is 2.77. The molecule has 142 valence electrons. The SMILES string of the molecule is Cc1ccc(NC(=O)C(c2ccccc2)C2CC2)cc1N1CCCS1(=O)=O. The van der Waals surface area contributed by atoms with Crippen molar-refractivity contribution >= 4 is 27.3 Å². The normalized spacial score (nSPS) is 19.7. The third kappa shape index (κ3) is 3.72. The number of hydrogen-bond acceptors (Lipinski definition) is 3. The summed E-state index contributed by atoms with van der Waals surface area (Å²) in [5.74, 6) is 0.381. The number of rotatable bonds is 5. The van der Waals surface area contributed by atoms with E-state index in [0.717, 1.165) is 24.0 Å². The van der Waals surface area contributed by atoms with Crippen molar-refractivity contribution in [3.05, 3.63) is 59.7 Å². The Kier molecular flexibility index (Phi) is 4.68. The second-order valence-corrected chi connectivity index (χ2v) is 9.47. The average molecular weight is 385 g/mol. The molecule has 2 aliphatic rings. The Morgan fingerprint density at radius 3 is 2.52 bits per heavy atom. The fraction of sp³-hybridized carbons (Fsp3) is 0.381. The maximum Gasteiger partial charge on any atom is 0.235 e. The number of anilines is 2. The van der Waals surface area contributed by atoms with Crippen molar-refractivity contribution in [1.82, 2.24) is 0 Å². The Morgan fingerprint density at radius 2 is 1.89 bits per heavy atom. The van der Waals surface area contributed by atoms with Crippen LogP contribution in [-0.2, 0) is 14.8 Å².